The standard InChI is InChI=1S/C21H19N9O2/c1-11-4-3-6-30-16(11)9-14(28-30)18-17-13(22-10-23-17)5-7-29(18)21(31)20-27-26-19(32-20)15-8-12(2)24-25-15/h3-4,6,8-10,18H,5,7H2,1-2H3,(H,22,23)(H,24,25). The van der Waals surface area contributed by atoms with E-state index in [4.69, 9.17) is 9.52 Å². The van der Waals surface area contributed by atoms with Crippen LogP contribution >= 0.6 is 0 Å². The predicted molar refractivity (Wildman–Crippen MR) is 112 cm³/mol. The maximum Gasteiger partial charge on any atom is 0.312 e. The number of aromatic nitrogens is 8. The lowest BCUT2D eigenvalue weighted by Crippen LogP contribution is -2.41. The Balaban J connectivity index is 1.41. The van der Waals surface area contributed by atoms with E-state index in [0.717, 1.165) is 33.9 Å². The average molecular weight is 429 g/mol. The molecule has 0 spiro atoms. The first-order valence-corrected chi connectivity index (χ1v) is 10.2. The molecule has 5 aromatic rings. The van der Waals surface area contributed by atoms with Gasteiger partial charge in [-0.1, -0.05) is 6.07 Å². The van der Waals surface area contributed by atoms with E-state index in [0.29, 0.717) is 18.7 Å². The lowest BCUT2D eigenvalue weighted by molar-refractivity contribution is 0.0646. The maximum absolute atomic E-state index is 13.5. The number of rotatable bonds is 3. The fourth-order valence-electron chi connectivity index (χ4n) is 4.17. The molecule has 0 aromatic carbocycles. The first-order valence-electron chi connectivity index (χ1n) is 10.2. The number of aryl methyl sites for hydroxylation is 2. The number of fused-ring (bicyclic) bond motifs is 2. The Morgan fingerprint density at radius 3 is 2.97 bits per heavy atom. The third-order valence-electron chi connectivity index (χ3n) is 5.73. The highest BCUT2D eigenvalue weighted by atomic mass is 16.4. The van der Waals surface area contributed by atoms with Gasteiger partial charge in [0.15, 0.2) is 0 Å². The van der Waals surface area contributed by atoms with Gasteiger partial charge in [0, 0.05) is 30.6 Å². The van der Waals surface area contributed by atoms with Crippen LogP contribution in [0.25, 0.3) is 17.1 Å². The highest BCUT2D eigenvalue weighted by Crippen LogP contribution is 2.34. The normalized spacial score (nSPS) is 15.9. The van der Waals surface area contributed by atoms with E-state index in [9.17, 15) is 4.79 Å². The van der Waals surface area contributed by atoms with Gasteiger partial charge in [-0.2, -0.15) is 10.2 Å². The highest BCUT2D eigenvalue weighted by Gasteiger charge is 2.38. The smallest absolute Gasteiger partial charge is 0.312 e. The molecule has 0 saturated carbocycles. The number of hydrogen-bond donors (Lipinski definition) is 2. The molecule has 1 aliphatic heterocycles. The van der Waals surface area contributed by atoms with E-state index in [1.807, 2.05) is 42.8 Å². The SMILES string of the molecule is Cc1cc(-c2nnc(C(=O)N3CCc4[nH]cnc4C3c3cc4c(C)cccn4n3)o2)n[nH]1. The van der Waals surface area contributed by atoms with Gasteiger partial charge in [-0.3, -0.25) is 9.89 Å². The minimum absolute atomic E-state index is 0.0930. The van der Waals surface area contributed by atoms with Crippen molar-refractivity contribution in [1.82, 2.24) is 44.9 Å². The number of carbonyl (C=O) groups excluding carboxylic acids is 1. The van der Waals surface area contributed by atoms with Crippen LogP contribution in [-0.4, -0.2) is 57.3 Å². The average Bonchev–Trinajstić information content (AvgIpc) is 3.57. The Hall–Kier alpha value is -4.28. The summed E-state index contributed by atoms with van der Waals surface area (Å²) in [7, 11) is 0. The molecule has 2 N–H and O–H groups in total. The summed E-state index contributed by atoms with van der Waals surface area (Å²) >= 11 is 0. The molecule has 5 aromatic heterocycles. The van der Waals surface area contributed by atoms with Crippen LogP contribution in [0.1, 0.15) is 45.1 Å². The van der Waals surface area contributed by atoms with Crippen molar-refractivity contribution in [3.63, 3.8) is 0 Å². The quantitative estimate of drug-likeness (QED) is 0.449. The fraction of sp³-hybridized carbons (Fsp3) is 0.238. The summed E-state index contributed by atoms with van der Waals surface area (Å²) in [6, 6.07) is 7.27. The zero-order chi connectivity index (χ0) is 21.8. The Morgan fingerprint density at radius 2 is 2.16 bits per heavy atom. The Bertz CT molecular complexity index is 1460. The van der Waals surface area contributed by atoms with Crippen LogP contribution in [0.5, 0.6) is 0 Å². The topological polar surface area (TPSA) is 134 Å². The summed E-state index contributed by atoms with van der Waals surface area (Å²) in [6.07, 6.45) is 4.18. The minimum atomic E-state index is -0.472. The van der Waals surface area contributed by atoms with Crippen LogP contribution in [0.15, 0.2) is 41.2 Å². The van der Waals surface area contributed by atoms with Crippen LogP contribution in [0.3, 0.4) is 0 Å². The lowest BCUT2D eigenvalue weighted by Gasteiger charge is -2.32. The van der Waals surface area contributed by atoms with Crippen molar-refractivity contribution in [3.05, 3.63) is 71.0 Å². The zero-order valence-corrected chi connectivity index (χ0v) is 17.4. The molecule has 11 heteroatoms. The van der Waals surface area contributed by atoms with E-state index < -0.39 is 6.04 Å². The lowest BCUT2D eigenvalue weighted by atomic mass is 9.99. The van der Waals surface area contributed by atoms with E-state index in [-0.39, 0.29) is 17.7 Å². The fourth-order valence-corrected chi connectivity index (χ4v) is 4.17. The Morgan fingerprint density at radius 1 is 1.25 bits per heavy atom. The second-order valence-corrected chi connectivity index (χ2v) is 7.86. The summed E-state index contributed by atoms with van der Waals surface area (Å²) in [5.74, 6) is -0.275. The molecule has 1 unspecified atom stereocenters. The second kappa shape index (κ2) is 6.87. The minimum Gasteiger partial charge on any atom is -0.411 e. The Labute approximate surface area is 181 Å². The van der Waals surface area contributed by atoms with Crippen molar-refractivity contribution in [2.75, 3.05) is 6.54 Å². The van der Waals surface area contributed by atoms with Gasteiger partial charge in [-0.15, -0.1) is 10.2 Å². The highest BCUT2D eigenvalue weighted by molar-refractivity contribution is 5.90. The number of H-pyrrole nitrogens is 2. The summed E-state index contributed by atoms with van der Waals surface area (Å²) in [5.41, 5.74) is 5.91. The van der Waals surface area contributed by atoms with E-state index >= 15 is 0 Å². The molecule has 1 aliphatic rings. The maximum atomic E-state index is 13.5. The molecule has 0 fully saturated rings. The predicted octanol–water partition coefficient (Wildman–Crippen LogP) is 2.24. The van der Waals surface area contributed by atoms with Gasteiger partial charge in [0.1, 0.15) is 11.7 Å². The molecule has 6 heterocycles. The van der Waals surface area contributed by atoms with Gasteiger partial charge < -0.3 is 14.3 Å². The van der Waals surface area contributed by atoms with Crippen LogP contribution < -0.4 is 0 Å². The van der Waals surface area contributed by atoms with Crippen LogP contribution in [-0.2, 0) is 6.42 Å². The van der Waals surface area contributed by atoms with Gasteiger partial charge in [-0.25, -0.2) is 9.50 Å². The molecule has 32 heavy (non-hydrogen) atoms. The molecule has 11 nitrogen and oxygen atoms in total. The summed E-state index contributed by atoms with van der Waals surface area (Å²) in [5, 5.41) is 19.7. The second-order valence-electron chi connectivity index (χ2n) is 7.86. The summed E-state index contributed by atoms with van der Waals surface area (Å²) in [6.45, 7) is 4.36. The molecule has 0 bridgehead atoms. The summed E-state index contributed by atoms with van der Waals surface area (Å²) < 4.78 is 7.50. The van der Waals surface area contributed by atoms with Crippen molar-refractivity contribution < 1.29 is 9.21 Å². The van der Waals surface area contributed by atoms with E-state index in [2.05, 4.69) is 30.4 Å². The van der Waals surface area contributed by atoms with E-state index in [1.54, 1.807) is 17.3 Å². The van der Waals surface area contributed by atoms with Crippen LogP contribution in [0.4, 0.5) is 0 Å². The van der Waals surface area contributed by atoms with Gasteiger partial charge in [0.2, 0.25) is 0 Å². The number of pyridine rings is 1. The first-order chi connectivity index (χ1) is 15.6. The molecule has 0 aliphatic carbocycles. The van der Waals surface area contributed by atoms with Gasteiger partial charge in [0.05, 0.1) is 23.2 Å². The summed E-state index contributed by atoms with van der Waals surface area (Å²) in [4.78, 5) is 22.9. The van der Waals surface area contributed by atoms with Gasteiger partial charge >= 0.3 is 11.8 Å². The number of nitrogens with zero attached hydrogens (tertiary/aromatic N) is 7. The molecular formula is C21H19N9O2. The molecule has 0 saturated heterocycles. The molecule has 0 radical (unpaired) electrons. The van der Waals surface area contributed by atoms with Crippen molar-refractivity contribution in [3.8, 4) is 11.6 Å². The monoisotopic (exact) mass is 429 g/mol. The molecule has 160 valence electrons. The van der Waals surface area contributed by atoms with Crippen molar-refractivity contribution in [2.24, 2.45) is 0 Å². The largest absolute Gasteiger partial charge is 0.411 e. The van der Waals surface area contributed by atoms with Crippen LogP contribution in [0, 0.1) is 13.8 Å². The third kappa shape index (κ3) is 2.82. The number of hydrogen-bond acceptors (Lipinski definition) is 7. The number of aromatic amines is 2. The van der Waals surface area contributed by atoms with Crippen molar-refractivity contribution >= 4 is 11.4 Å². The van der Waals surface area contributed by atoms with Gasteiger partial charge in [0.25, 0.3) is 5.89 Å². The number of amides is 1. The van der Waals surface area contributed by atoms with Gasteiger partial charge in [-0.05, 0) is 37.6 Å². The first kappa shape index (κ1) is 18.5. The van der Waals surface area contributed by atoms with Crippen molar-refractivity contribution in [2.45, 2.75) is 26.3 Å². The molecule has 1 amide bonds. The number of nitrogens with one attached hydrogen (secondary N) is 2. The van der Waals surface area contributed by atoms with E-state index in [1.165, 1.54) is 0 Å². The number of carbonyl (C=O) groups is 1. The zero-order valence-electron chi connectivity index (χ0n) is 17.4. The molecule has 1 atom stereocenters. The molecule has 6 rings (SSSR count). The van der Waals surface area contributed by atoms with Crippen LogP contribution in [0.2, 0.25) is 0 Å². The molecular weight excluding hydrogens is 410 g/mol. The van der Waals surface area contributed by atoms with Crippen molar-refractivity contribution in [1.29, 1.82) is 0 Å². The Kier molecular flexibility index (Phi) is 3.97. The third-order valence-corrected chi connectivity index (χ3v) is 5.73. The number of imidazole rings is 1.